The third kappa shape index (κ3) is 1.39. The third-order valence-corrected chi connectivity index (χ3v) is 2.99. The lowest BCUT2D eigenvalue weighted by atomic mass is 10.3. The standard InChI is InChI=1S/C10H13N5O3/c1-13-6(7(16)12-11)4-5-8(13)14(2)10(18)15(3)9(5)17/h4H,11H2,1-3H3,(H,12,16). The number of carbonyl (C=O) groups is 1. The molecule has 0 bridgehead atoms. The number of amides is 1. The van der Waals surface area contributed by atoms with Crippen LogP contribution in [0.25, 0.3) is 11.0 Å². The number of nitrogen functional groups attached to an aromatic ring is 1. The maximum absolute atomic E-state index is 12.0. The average molecular weight is 251 g/mol. The van der Waals surface area contributed by atoms with Crippen molar-refractivity contribution in [2.24, 2.45) is 27.0 Å². The fraction of sp³-hybridized carbons (Fsp3) is 0.300. The molecule has 18 heavy (non-hydrogen) atoms. The number of fused-ring (bicyclic) bond motifs is 1. The van der Waals surface area contributed by atoms with Gasteiger partial charge in [0.2, 0.25) is 0 Å². The minimum absolute atomic E-state index is 0.214. The number of rotatable bonds is 1. The Morgan fingerprint density at radius 3 is 2.33 bits per heavy atom. The van der Waals surface area contributed by atoms with Crippen LogP contribution in [0.1, 0.15) is 10.5 Å². The second kappa shape index (κ2) is 3.84. The number of hydrazine groups is 1. The Balaban J connectivity index is 3.03. The van der Waals surface area contributed by atoms with Gasteiger partial charge in [0, 0.05) is 21.1 Å². The number of nitrogens with zero attached hydrogens (tertiary/aromatic N) is 3. The van der Waals surface area contributed by atoms with Gasteiger partial charge in [-0.1, -0.05) is 0 Å². The van der Waals surface area contributed by atoms with E-state index in [9.17, 15) is 14.4 Å². The molecule has 0 saturated carbocycles. The number of aromatic nitrogens is 3. The molecule has 2 heterocycles. The van der Waals surface area contributed by atoms with Gasteiger partial charge >= 0.3 is 5.69 Å². The molecule has 8 heteroatoms. The first-order valence-electron chi connectivity index (χ1n) is 5.16. The summed E-state index contributed by atoms with van der Waals surface area (Å²) in [4.78, 5) is 35.3. The summed E-state index contributed by atoms with van der Waals surface area (Å²) in [5, 5.41) is 0.292. The third-order valence-electron chi connectivity index (χ3n) is 2.99. The van der Waals surface area contributed by atoms with E-state index in [-0.39, 0.29) is 5.69 Å². The molecule has 2 rings (SSSR count). The van der Waals surface area contributed by atoms with Crippen LogP contribution < -0.4 is 22.5 Å². The second-order valence-electron chi connectivity index (χ2n) is 4.01. The van der Waals surface area contributed by atoms with Crippen LogP contribution in [0.2, 0.25) is 0 Å². The van der Waals surface area contributed by atoms with Crippen molar-refractivity contribution in [1.82, 2.24) is 19.1 Å². The molecule has 3 N–H and O–H groups in total. The number of hydrogen-bond donors (Lipinski definition) is 2. The predicted molar refractivity (Wildman–Crippen MR) is 65.1 cm³/mol. The van der Waals surface area contributed by atoms with Gasteiger partial charge in [-0.05, 0) is 6.07 Å². The van der Waals surface area contributed by atoms with Gasteiger partial charge in [0.1, 0.15) is 11.3 Å². The summed E-state index contributed by atoms with van der Waals surface area (Å²) in [6.45, 7) is 0. The predicted octanol–water partition coefficient (Wildman–Crippen LogP) is -1.82. The summed E-state index contributed by atoms with van der Waals surface area (Å²) in [5.41, 5.74) is 1.69. The van der Waals surface area contributed by atoms with E-state index in [2.05, 4.69) is 0 Å². The van der Waals surface area contributed by atoms with Gasteiger partial charge in [-0.2, -0.15) is 0 Å². The summed E-state index contributed by atoms with van der Waals surface area (Å²) in [6, 6.07) is 1.42. The number of aryl methyl sites for hydroxylation is 2. The summed E-state index contributed by atoms with van der Waals surface area (Å²) in [7, 11) is 4.51. The Morgan fingerprint density at radius 2 is 1.78 bits per heavy atom. The van der Waals surface area contributed by atoms with Crippen molar-refractivity contribution in [3.8, 4) is 0 Å². The van der Waals surface area contributed by atoms with Gasteiger partial charge in [0.25, 0.3) is 11.5 Å². The Kier molecular flexibility index (Phi) is 2.59. The van der Waals surface area contributed by atoms with Crippen LogP contribution in [0.4, 0.5) is 0 Å². The molecule has 8 nitrogen and oxygen atoms in total. The molecule has 2 aromatic heterocycles. The Morgan fingerprint density at radius 1 is 1.17 bits per heavy atom. The van der Waals surface area contributed by atoms with Gasteiger partial charge in [-0.15, -0.1) is 0 Å². The quantitative estimate of drug-likeness (QED) is 0.354. The summed E-state index contributed by atoms with van der Waals surface area (Å²) < 4.78 is 3.76. The SMILES string of the molecule is Cn1c(=O)c2cc(C(=O)NN)n(C)c2n(C)c1=O. The molecule has 0 aromatic carbocycles. The van der Waals surface area contributed by atoms with Gasteiger partial charge in [-0.25, -0.2) is 10.6 Å². The highest BCUT2D eigenvalue weighted by Gasteiger charge is 2.18. The monoisotopic (exact) mass is 251 g/mol. The van der Waals surface area contributed by atoms with Crippen molar-refractivity contribution in [3.05, 3.63) is 32.6 Å². The van der Waals surface area contributed by atoms with E-state index in [4.69, 9.17) is 5.84 Å². The maximum atomic E-state index is 12.0. The average Bonchev–Trinajstić information content (AvgIpc) is 2.71. The molecule has 0 unspecified atom stereocenters. The van der Waals surface area contributed by atoms with Crippen LogP contribution >= 0.6 is 0 Å². The number of nitrogens with one attached hydrogen (secondary N) is 1. The van der Waals surface area contributed by atoms with Crippen molar-refractivity contribution in [2.45, 2.75) is 0 Å². The van der Waals surface area contributed by atoms with E-state index in [0.717, 1.165) is 4.57 Å². The van der Waals surface area contributed by atoms with Crippen molar-refractivity contribution in [1.29, 1.82) is 0 Å². The number of carbonyl (C=O) groups excluding carboxylic acids is 1. The van der Waals surface area contributed by atoms with Gasteiger partial charge in [-0.3, -0.25) is 24.1 Å². The van der Waals surface area contributed by atoms with E-state index in [0.29, 0.717) is 11.0 Å². The van der Waals surface area contributed by atoms with E-state index >= 15 is 0 Å². The van der Waals surface area contributed by atoms with E-state index in [1.807, 2.05) is 5.43 Å². The lowest BCUT2D eigenvalue weighted by molar-refractivity contribution is 0.0946. The van der Waals surface area contributed by atoms with Gasteiger partial charge in [0.05, 0.1) is 5.39 Å². The first-order valence-corrected chi connectivity index (χ1v) is 5.16. The molecule has 0 saturated heterocycles. The molecule has 0 aliphatic heterocycles. The highest BCUT2D eigenvalue weighted by Crippen LogP contribution is 2.13. The molecule has 0 aliphatic rings. The van der Waals surface area contributed by atoms with E-state index < -0.39 is 17.2 Å². The summed E-state index contributed by atoms with van der Waals surface area (Å²) in [6.07, 6.45) is 0. The molecular formula is C10H13N5O3. The van der Waals surface area contributed by atoms with Crippen LogP contribution in [0.15, 0.2) is 15.7 Å². The smallest absolute Gasteiger partial charge is 0.325 e. The maximum Gasteiger partial charge on any atom is 0.332 e. The Labute approximate surface area is 101 Å². The van der Waals surface area contributed by atoms with Crippen LogP contribution in [0, 0.1) is 0 Å². The number of hydrogen-bond acceptors (Lipinski definition) is 4. The first-order chi connectivity index (χ1) is 8.40. The molecule has 0 spiro atoms. The molecular weight excluding hydrogens is 238 g/mol. The largest absolute Gasteiger partial charge is 0.332 e. The minimum Gasteiger partial charge on any atom is -0.325 e. The second-order valence-corrected chi connectivity index (χ2v) is 4.01. The van der Waals surface area contributed by atoms with Crippen LogP contribution in [-0.2, 0) is 21.1 Å². The lowest BCUT2D eigenvalue weighted by Crippen LogP contribution is -2.37. The van der Waals surface area contributed by atoms with Crippen LogP contribution in [0.5, 0.6) is 0 Å². The molecule has 0 fully saturated rings. The minimum atomic E-state index is -0.525. The number of nitrogens with two attached hydrogens (primary N) is 1. The zero-order chi connectivity index (χ0) is 13.6. The Bertz CT molecular complexity index is 764. The highest BCUT2D eigenvalue weighted by atomic mass is 16.2. The van der Waals surface area contributed by atoms with E-state index in [1.165, 1.54) is 29.3 Å². The normalized spacial score (nSPS) is 10.9. The molecule has 0 radical (unpaired) electrons. The fourth-order valence-corrected chi connectivity index (χ4v) is 2.03. The molecule has 1 amide bonds. The molecule has 2 aromatic rings. The molecule has 96 valence electrons. The van der Waals surface area contributed by atoms with Crippen molar-refractivity contribution in [3.63, 3.8) is 0 Å². The first kappa shape index (κ1) is 12.1. The van der Waals surface area contributed by atoms with E-state index in [1.54, 1.807) is 7.05 Å². The highest BCUT2D eigenvalue weighted by molar-refractivity contribution is 5.97. The summed E-state index contributed by atoms with van der Waals surface area (Å²) in [5.74, 6) is 4.54. The zero-order valence-corrected chi connectivity index (χ0v) is 10.2. The van der Waals surface area contributed by atoms with Gasteiger partial charge in [0.15, 0.2) is 0 Å². The Hall–Kier alpha value is -2.35. The zero-order valence-electron chi connectivity index (χ0n) is 10.2. The van der Waals surface area contributed by atoms with Crippen molar-refractivity contribution < 1.29 is 4.79 Å². The van der Waals surface area contributed by atoms with Crippen LogP contribution in [0.3, 0.4) is 0 Å². The van der Waals surface area contributed by atoms with Crippen molar-refractivity contribution >= 4 is 16.9 Å². The lowest BCUT2D eigenvalue weighted by Gasteiger charge is -2.07. The topological polar surface area (TPSA) is 104 Å². The molecule has 0 aliphatic carbocycles. The van der Waals surface area contributed by atoms with Crippen LogP contribution in [-0.4, -0.2) is 19.6 Å². The van der Waals surface area contributed by atoms with Gasteiger partial charge < -0.3 is 4.57 Å². The van der Waals surface area contributed by atoms with Crippen molar-refractivity contribution in [2.75, 3.05) is 0 Å². The molecule has 0 atom stereocenters. The summed E-state index contributed by atoms with van der Waals surface area (Å²) >= 11 is 0. The fourth-order valence-electron chi connectivity index (χ4n) is 2.03.